The van der Waals surface area contributed by atoms with Gasteiger partial charge in [0.1, 0.15) is 24.4 Å². The highest BCUT2D eigenvalue weighted by atomic mass is 16.7. The molecule has 6 N–H and O–H groups in total. The third-order valence-corrected chi connectivity index (χ3v) is 14.1. The van der Waals surface area contributed by atoms with Crippen LogP contribution in [0.25, 0.3) is 0 Å². The number of carbonyl (C=O) groups excluding carboxylic acids is 1. The molecular formula is C62H113NO8. The average Bonchev–Trinajstić information content (AvgIpc) is 3.37. The molecule has 1 rings (SSSR count). The average molecular weight is 1000 g/mol. The van der Waals surface area contributed by atoms with Crippen molar-refractivity contribution in [3.63, 3.8) is 0 Å². The number of aliphatic hydroxyl groups excluding tert-OH is 5. The fraction of sp³-hybridized carbons (Fsp3) is 0.823. The van der Waals surface area contributed by atoms with Crippen LogP contribution in [0.15, 0.2) is 60.8 Å². The van der Waals surface area contributed by atoms with E-state index >= 15 is 0 Å². The third-order valence-electron chi connectivity index (χ3n) is 14.1. The van der Waals surface area contributed by atoms with Gasteiger partial charge in [-0.05, 0) is 57.8 Å². The van der Waals surface area contributed by atoms with E-state index in [1.54, 1.807) is 6.08 Å². The molecule has 1 saturated heterocycles. The number of amides is 1. The Morgan fingerprint density at radius 3 is 1.30 bits per heavy atom. The van der Waals surface area contributed by atoms with Crippen LogP contribution in [0.3, 0.4) is 0 Å². The molecule has 7 atom stereocenters. The molecule has 0 saturated carbocycles. The maximum absolute atomic E-state index is 13.1. The largest absolute Gasteiger partial charge is 0.394 e. The van der Waals surface area contributed by atoms with Gasteiger partial charge in [0.05, 0.1) is 25.4 Å². The summed E-state index contributed by atoms with van der Waals surface area (Å²) >= 11 is 0. The first kappa shape index (κ1) is 66.9. The highest BCUT2D eigenvalue weighted by Gasteiger charge is 2.44. The normalized spacial score (nSPS) is 19.7. The molecule has 9 heteroatoms. The van der Waals surface area contributed by atoms with E-state index in [-0.39, 0.29) is 12.5 Å². The maximum atomic E-state index is 13.1. The first-order valence-corrected chi connectivity index (χ1v) is 30.0. The lowest BCUT2D eigenvalue weighted by Gasteiger charge is -2.40. The van der Waals surface area contributed by atoms with Crippen molar-refractivity contribution in [1.82, 2.24) is 5.32 Å². The van der Waals surface area contributed by atoms with E-state index in [0.717, 1.165) is 70.6 Å². The van der Waals surface area contributed by atoms with Crippen LogP contribution in [0.4, 0.5) is 0 Å². The monoisotopic (exact) mass is 1000 g/mol. The second kappa shape index (κ2) is 51.4. The van der Waals surface area contributed by atoms with Gasteiger partial charge in [0.2, 0.25) is 5.91 Å². The lowest BCUT2D eigenvalue weighted by molar-refractivity contribution is -0.302. The van der Waals surface area contributed by atoms with E-state index in [9.17, 15) is 30.3 Å². The number of hydrogen-bond acceptors (Lipinski definition) is 8. The predicted molar refractivity (Wildman–Crippen MR) is 299 cm³/mol. The van der Waals surface area contributed by atoms with Crippen molar-refractivity contribution in [1.29, 1.82) is 0 Å². The van der Waals surface area contributed by atoms with Crippen LogP contribution in [0.1, 0.15) is 271 Å². The summed E-state index contributed by atoms with van der Waals surface area (Å²) in [6, 6.07) is -0.811. The quantitative estimate of drug-likeness (QED) is 0.0261. The van der Waals surface area contributed by atoms with E-state index in [4.69, 9.17) is 9.47 Å². The molecule has 1 fully saturated rings. The predicted octanol–water partition coefficient (Wildman–Crippen LogP) is 15.1. The van der Waals surface area contributed by atoms with Gasteiger partial charge in [0.15, 0.2) is 6.29 Å². The molecule has 0 aromatic heterocycles. The molecule has 0 spiro atoms. The van der Waals surface area contributed by atoms with E-state index in [2.05, 4.69) is 67.8 Å². The number of nitrogens with one attached hydrogen (secondary N) is 1. The minimum absolute atomic E-state index is 0.181. The summed E-state index contributed by atoms with van der Waals surface area (Å²) in [5.41, 5.74) is 0. The first-order valence-electron chi connectivity index (χ1n) is 30.0. The number of unbranched alkanes of at least 4 members (excludes halogenated alkanes) is 33. The van der Waals surface area contributed by atoms with Gasteiger partial charge >= 0.3 is 0 Å². The summed E-state index contributed by atoms with van der Waals surface area (Å²) in [6.45, 7) is 3.69. The Kier molecular flexibility index (Phi) is 48.4. The summed E-state index contributed by atoms with van der Waals surface area (Å²) < 4.78 is 11.3. The Hall–Kier alpha value is -2.11. The summed E-state index contributed by atoms with van der Waals surface area (Å²) in [5, 5.41) is 54.6. The van der Waals surface area contributed by atoms with Gasteiger partial charge in [-0.1, -0.05) is 267 Å². The highest BCUT2D eigenvalue weighted by molar-refractivity contribution is 5.76. The Morgan fingerprint density at radius 2 is 0.873 bits per heavy atom. The van der Waals surface area contributed by atoms with E-state index < -0.39 is 49.5 Å². The Labute approximate surface area is 436 Å². The van der Waals surface area contributed by atoms with Gasteiger partial charge < -0.3 is 40.3 Å². The van der Waals surface area contributed by atoms with E-state index in [1.165, 1.54) is 180 Å². The van der Waals surface area contributed by atoms with Crippen molar-refractivity contribution in [3.05, 3.63) is 60.8 Å². The summed E-state index contributed by atoms with van der Waals surface area (Å²) in [6.07, 6.45) is 62.9. The fourth-order valence-electron chi connectivity index (χ4n) is 9.39. The molecule has 7 unspecified atom stereocenters. The molecule has 0 bridgehead atoms. The fourth-order valence-corrected chi connectivity index (χ4v) is 9.39. The van der Waals surface area contributed by atoms with Crippen molar-refractivity contribution in [2.24, 2.45) is 0 Å². The Morgan fingerprint density at radius 1 is 0.493 bits per heavy atom. The smallest absolute Gasteiger partial charge is 0.220 e. The van der Waals surface area contributed by atoms with Crippen molar-refractivity contribution in [2.75, 3.05) is 13.2 Å². The van der Waals surface area contributed by atoms with Crippen LogP contribution in [0.5, 0.6) is 0 Å². The number of rotatable bonds is 51. The van der Waals surface area contributed by atoms with Crippen LogP contribution in [-0.4, -0.2) is 87.5 Å². The van der Waals surface area contributed by atoms with Crippen molar-refractivity contribution >= 4 is 5.91 Å². The number of carbonyl (C=O) groups is 1. The minimum Gasteiger partial charge on any atom is -0.394 e. The molecule has 0 aromatic rings. The van der Waals surface area contributed by atoms with Gasteiger partial charge in [-0.15, -0.1) is 0 Å². The van der Waals surface area contributed by atoms with Gasteiger partial charge in [0.25, 0.3) is 0 Å². The van der Waals surface area contributed by atoms with Crippen LogP contribution in [-0.2, 0) is 14.3 Å². The zero-order valence-corrected chi connectivity index (χ0v) is 46.0. The topological polar surface area (TPSA) is 149 Å². The highest BCUT2D eigenvalue weighted by Crippen LogP contribution is 2.23. The minimum atomic E-state index is -1.57. The van der Waals surface area contributed by atoms with Gasteiger partial charge in [-0.2, -0.15) is 0 Å². The Bertz CT molecular complexity index is 1300. The van der Waals surface area contributed by atoms with Crippen LogP contribution >= 0.6 is 0 Å². The molecule has 0 aromatic carbocycles. The third kappa shape index (κ3) is 40.9. The zero-order valence-electron chi connectivity index (χ0n) is 46.0. The lowest BCUT2D eigenvalue weighted by Crippen LogP contribution is -2.60. The summed E-state index contributed by atoms with van der Waals surface area (Å²) in [5.74, 6) is -0.181. The summed E-state index contributed by atoms with van der Waals surface area (Å²) in [4.78, 5) is 13.1. The van der Waals surface area contributed by atoms with Gasteiger partial charge in [-0.25, -0.2) is 0 Å². The van der Waals surface area contributed by atoms with Crippen LogP contribution < -0.4 is 5.32 Å². The molecular weight excluding hydrogens is 887 g/mol. The molecule has 414 valence electrons. The number of hydrogen-bond donors (Lipinski definition) is 6. The zero-order chi connectivity index (χ0) is 51.5. The van der Waals surface area contributed by atoms with Gasteiger partial charge in [-0.3, -0.25) is 4.79 Å². The van der Waals surface area contributed by atoms with Crippen molar-refractivity contribution < 1.29 is 39.8 Å². The van der Waals surface area contributed by atoms with E-state index in [1.807, 2.05) is 6.08 Å². The second-order valence-corrected chi connectivity index (χ2v) is 20.8. The molecule has 1 aliphatic heterocycles. The molecule has 0 aliphatic carbocycles. The first-order chi connectivity index (χ1) is 34.8. The molecule has 9 nitrogen and oxygen atoms in total. The molecule has 71 heavy (non-hydrogen) atoms. The number of allylic oxidation sites excluding steroid dienone is 9. The van der Waals surface area contributed by atoms with Crippen molar-refractivity contribution in [3.8, 4) is 0 Å². The van der Waals surface area contributed by atoms with Gasteiger partial charge in [0, 0.05) is 6.42 Å². The van der Waals surface area contributed by atoms with E-state index in [0.29, 0.717) is 6.42 Å². The standard InChI is InChI=1S/C62H113NO8/c1-3-5-7-9-11-13-15-17-19-21-23-25-27-28-30-31-33-35-37-39-41-43-45-47-49-51-56(65)55(54-70-62-61(69)60(68)59(67)57(53-64)71-62)63-58(66)52-50-48-46-44-42-40-38-36-34-32-29-26-24-22-20-18-16-14-12-10-8-6-4-2/h6,8,12,14,18,20,24,26,49,51,55-57,59-62,64-65,67-69H,3-5,7,9-11,13,15-17,19,21-23,25,27-48,50,52-54H2,1-2H3,(H,63,66)/b8-6-,14-12-,20-18-,26-24-,51-49+. The maximum Gasteiger partial charge on any atom is 0.220 e. The second-order valence-electron chi connectivity index (χ2n) is 20.8. The molecule has 1 aliphatic rings. The lowest BCUT2D eigenvalue weighted by atomic mass is 9.99. The SMILES string of the molecule is CC/C=C\C/C=C\C/C=C\C/C=C\CCCCCCCCCCCCC(=O)NC(COC1OC(CO)C(O)C(O)C1O)C(O)/C=C/CCCCCCCCCCCCCCCCCCCCCCCCC. The molecule has 1 amide bonds. The van der Waals surface area contributed by atoms with Crippen LogP contribution in [0.2, 0.25) is 0 Å². The van der Waals surface area contributed by atoms with Crippen LogP contribution in [0, 0.1) is 0 Å². The molecule has 0 radical (unpaired) electrons. The Balaban J connectivity index is 2.22. The van der Waals surface area contributed by atoms with Crippen molar-refractivity contribution in [2.45, 2.75) is 314 Å². The number of ether oxygens (including phenoxy) is 2. The summed E-state index contributed by atoms with van der Waals surface area (Å²) in [7, 11) is 0. The molecule has 1 heterocycles. The number of aliphatic hydroxyl groups is 5.